The highest BCUT2D eigenvalue weighted by molar-refractivity contribution is 6.31. The average molecular weight is 249 g/mol. The maximum absolute atomic E-state index is 10.9. The minimum Gasteiger partial charge on any atom is -0.478 e. The van der Waals surface area contributed by atoms with Gasteiger partial charge in [-0.2, -0.15) is 15.6 Å². The van der Waals surface area contributed by atoms with E-state index in [0.29, 0.717) is 5.02 Å². The number of aromatic carboxylic acids is 1. The fourth-order valence-electron chi connectivity index (χ4n) is 0.987. The molecule has 6 nitrogen and oxygen atoms in total. The van der Waals surface area contributed by atoms with E-state index >= 15 is 0 Å². The summed E-state index contributed by atoms with van der Waals surface area (Å²) in [6.45, 7) is 0. The standard InChI is InChI=1S/C10H5ClN4O2/c11-6-1-2-8(10(16)17)9(3-6)15-14-7(4-12)5-13/h1-3,15H,(H,16,17). The normalized spacial score (nSPS) is 8.65. The third-order valence-corrected chi connectivity index (χ3v) is 1.95. The highest BCUT2D eigenvalue weighted by atomic mass is 35.5. The molecule has 84 valence electrons. The lowest BCUT2D eigenvalue weighted by atomic mass is 10.2. The molecule has 0 spiro atoms. The number of nitrogens with zero attached hydrogens (tertiary/aromatic N) is 3. The number of carboxylic acids is 1. The summed E-state index contributed by atoms with van der Waals surface area (Å²) >= 11 is 5.69. The van der Waals surface area contributed by atoms with Crippen LogP contribution in [0.3, 0.4) is 0 Å². The molecule has 7 heteroatoms. The molecule has 0 amide bonds. The van der Waals surface area contributed by atoms with Crippen molar-refractivity contribution in [1.29, 1.82) is 10.5 Å². The number of hydrogen-bond donors (Lipinski definition) is 2. The number of nitriles is 2. The molecule has 0 heterocycles. The number of carboxylic acid groups (broad SMARTS) is 1. The first-order valence-corrected chi connectivity index (χ1v) is 4.63. The number of hydrazone groups is 1. The monoisotopic (exact) mass is 248 g/mol. The lowest BCUT2D eigenvalue weighted by Gasteiger charge is -2.04. The van der Waals surface area contributed by atoms with E-state index in [1.807, 2.05) is 0 Å². The second kappa shape index (κ2) is 5.50. The highest BCUT2D eigenvalue weighted by Crippen LogP contribution is 2.21. The maximum atomic E-state index is 10.9. The Hall–Kier alpha value is -2.57. The second-order valence-electron chi connectivity index (χ2n) is 2.79. The molecule has 1 aromatic rings. The van der Waals surface area contributed by atoms with Gasteiger partial charge in [0.15, 0.2) is 0 Å². The van der Waals surface area contributed by atoms with E-state index in [4.69, 9.17) is 27.2 Å². The van der Waals surface area contributed by atoms with Gasteiger partial charge in [-0.25, -0.2) is 4.79 Å². The first-order chi connectivity index (χ1) is 8.08. The Kier molecular flexibility index (Phi) is 4.04. The molecule has 2 N–H and O–H groups in total. The van der Waals surface area contributed by atoms with E-state index in [0.717, 1.165) is 0 Å². The van der Waals surface area contributed by atoms with Crippen molar-refractivity contribution in [3.05, 3.63) is 28.8 Å². The molecule has 0 atom stereocenters. The molecule has 0 bridgehead atoms. The molecule has 0 aromatic heterocycles. The number of anilines is 1. The lowest BCUT2D eigenvalue weighted by molar-refractivity contribution is 0.0698. The van der Waals surface area contributed by atoms with Gasteiger partial charge in [0.1, 0.15) is 12.1 Å². The minimum absolute atomic E-state index is 0.0617. The van der Waals surface area contributed by atoms with Crippen LogP contribution in [0.25, 0.3) is 0 Å². The van der Waals surface area contributed by atoms with Crippen LogP contribution in [-0.2, 0) is 0 Å². The molecule has 0 aliphatic carbocycles. The molecule has 0 aliphatic rings. The lowest BCUT2D eigenvalue weighted by Crippen LogP contribution is -2.04. The zero-order valence-corrected chi connectivity index (χ0v) is 9.06. The zero-order valence-electron chi connectivity index (χ0n) is 8.31. The van der Waals surface area contributed by atoms with E-state index in [2.05, 4.69) is 10.5 Å². The first-order valence-electron chi connectivity index (χ1n) is 4.25. The largest absolute Gasteiger partial charge is 0.478 e. The minimum atomic E-state index is -1.17. The van der Waals surface area contributed by atoms with Crippen LogP contribution < -0.4 is 5.43 Å². The Bertz CT molecular complexity index is 553. The molecule has 0 aliphatic heterocycles. The molecular weight excluding hydrogens is 244 g/mol. The van der Waals surface area contributed by atoms with Crippen molar-refractivity contribution < 1.29 is 9.90 Å². The van der Waals surface area contributed by atoms with Crippen LogP contribution in [0.1, 0.15) is 10.4 Å². The van der Waals surface area contributed by atoms with Crippen LogP contribution >= 0.6 is 11.6 Å². The smallest absolute Gasteiger partial charge is 0.337 e. The van der Waals surface area contributed by atoms with Crippen molar-refractivity contribution >= 4 is 29.0 Å². The van der Waals surface area contributed by atoms with Gasteiger partial charge in [0.2, 0.25) is 5.71 Å². The summed E-state index contributed by atoms with van der Waals surface area (Å²) in [5.41, 5.74) is 1.94. The Labute approximate surface area is 101 Å². The van der Waals surface area contributed by atoms with Crippen LogP contribution in [0.15, 0.2) is 23.3 Å². The van der Waals surface area contributed by atoms with E-state index in [-0.39, 0.29) is 11.3 Å². The number of nitrogens with one attached hydrogen (secondary N) is 1. The highest BCUT2D eigenvalue weighted by Gasteiger charge is 2.10. The maximum Gasteiger partial charge on any atom is 0.337 e. The van der Waals surface area contributed by atoms with Gasteiger partial charge in [0.25, 0.3) is 0 Å². The van der Waals surface area contributed by atoms with Crippen molar-refractivity contribution in [3.8, 4) is 12.1 Å². The molecule has 0 radical (unpaired) electrons. The average Bonchev–Trinajstić information content (AvgIpc) is 2.30. The summed E-state index contributed by atoms with van der Waals surface area (Å²) in [6.07, 6.45) is 0. The Morgan fingerprint density at radius 1 is 1.41 bits per heavy atom. The van der Waals surface area contributed by atoms with Crippen LogP contribution in [0.2, 0.25) is 5.02 Å². The van der Waals surface area contributed by atoms with Crippen LogP contribution in [-0.4, -0.2) is 16.8 Å². The summed E-state index contributed by atoms with van der Waals surface area (Å²) in [5, 5.41) is 29.5. The molecule has 0 saturated carbocycles. The topological polar surface area (TPSA) is 109 Å². The van der Waals surface area contributed by atoms with Crippen molar-refractivity contribution in [3.63, 3.8) is 0 Å². The molecule has 0 saturated heterocycles. The first kappa shape index (κ1) is 12.5. The fraction of sp³-hybridized carbons (Fsp3) is 0. The summed E-state index contributed by atoms with van der Waals surface area (Å²) in [6, 6.07) is 7.10. The molecular formula is C10H5ClN4O2. The van der Waals surface area contributed by atoms with Crippen molar-refractivity contribution in [2.45, 2.75) is 0 Å². The number of carbonyl (C=O) groups is 1. The third-order valence-electron chi connectivity index (χ3n) is 1.71. The number of rotatable bonds is 3. The van der Waals surface area contributed by atoms with Crippen molar-refractivity contribution in [2.24, 2.45) is 5.10 Å². The fourth-order valence-corrected chi connectivity index (χ4v) is 1.16. The Balaban J connectivity index is 3.11. The van der Waals surface area contributed by atoms with Crippen LogP contribution in [0, 0.1) is 22.7 Å². The van der Waals surface area contributed by atoms with Gasteiger partial charge in [0.05, 0.1) is 11.3 Å². The second-order valence-corrected chi connectivity index (χ2v) is 3.23. The van der Waals surface area contributed by atoms with Gasteiger partial charge in [0, 0.05) is 5.02 Å². The van der Waals surface area contributed by atoms with E-state index in [1.54, 1.807) is 0 Å². The molecule has 1 rings (SSSR count). The number of hydrogen-bond acceptors (Lipinski definition) is 5. The summed E-state index contributed by atoms with van der Waals surface area (Å²) in [7, 11) is 0. The number of halogens is 1. The van der Waals surface area contributed by atoms with Gasteiger partial charge in [-0.1, -0.05) is 11.6 Å². The number of benzene rings is 1. The molecule has 17 heavy (non-hydrogen) atoms. The van der Waals surface area contributed by atoms with Gasteiger partial charge in [-0.15, -0.1) is 0 Å². The van der Waals surface area contributed by atoms with E-state index in [9.17, 15) is 4.79 Å². The van der Waals surface area contributed by atoms with Gasteiger partial charge in [-0.3, -0.25) is 5.43 Å². The van der Waals surface area contributed by atoms with Gasteiger partial charge < -0.3 is 5.11 Å². The SMILES string of the molecule is N#CC(C#N)=NNc1cc(Cl)ccc1C(=O)O. The van der Waals surface area contributed by atoms with Gasteiger partial charge >= 0.3 is 5.97 Å². The van der Waals surface area contributed by atoms with E-state index in [1.165, 1.54) is 30.3 Å². The van der Waals surface area contributed by atoms with E-state index < -0.39 is 11.7 Å². The Morgan fingerprint density at radius 3 is 2.59 bits per heavy atom. The predicted octanol–water partition coefficient (Wildman–Crippen LogP) is 1.85. The summed E-state index contributed by atoms with van der Waals surface area (Å²) in [5.74, 6) is -1.17. The summed E-state index contributed by atoms with van der Waals surface area (Å²) in [4.78, 5) is 10.9. The summed E-state index contributed by atoms with van der Waals surface area (Å²) < 4.78 is 0. The Morgan fingerprint density at radius 2 is 2.06 bits per heavy atom. The van der Waals surface area contributed by atoms with Gasteiger partial charge in [-0.05, 0) is 18.2 Å². The zero-order chi connectivity index (χ0) is 12.8. The van der Waals surface area contributed by atoms with Crippen LogP contribution in [0.4, 0.5) is 5.69 Å². The van der Waals surface area contributed by atoms with Crippen molar-refractivity contribution in [1.82, 2.24) is 0 Å². The molecule has 0 fully saturated rings. The molecule has 1 aromatic carbocycles. The predicted molar refractivity (Wildman–Crippen MR) is 60.7 cm³/mol. The van der Waals surface area contributed by atoms with Crippen molar-refractivity contribution in [2.75, 3.05) is 5.43 Å². The van der Waals surface area contributed by atoms with Crippen LogP contribution in [0.5, 0.6) is 0 Å². The molecule has 0 unspecified atom stereocenters. The quantitative estimate of drug-likeness (QED) is 0.627. The third kappa shape index (κ3) is 3.20.